The fraction of sp³-hybridized carbons (Fsp3) is 0.296. The van der Waals surface area contributed by atoms with Gasteiger partial charge in [-0.15, -0.1) is 0 Å². The van der Waals surface area contributed by atoms with E-state index in [2.05, 4.69) is 34.9 Å². The maximum atomic E-state index is 12.8. The third-order valence-electron chi connectivity index (χ3n) is 5.82. The summed E-state index contributed by atoms with van der Waals surface area (Å²) in [6.07, 6.45) is 7.62. The van der Waals surface area contributed by atoms with E-state index in [0.717, 1.165) is 29.4 Å². The highest BCUT2D eigenvalue weighted by Crippen LogP contribution is 2.33. The van der Waals surface area contributed by atoms with Gasteiger partial charge in [0.25, 0.3) is 0 Å². The summed E-state index contributed by atoms with van der Waals surface area (Å²) in [6, 6.07) is 18.9. The number of carbonyl (C=O) groups is 1. The van der Waals surface area contributed by atoms with E-state index in [1.807, 2.05) is 42.5 Å². The van der Waals surface area contributed by atoms with Crippen molar-refractivity contribution >= 4 is 16.8 Å². The van der Waals surface area contributed by atoms with Crippen LogP contribution in [0.5, 0.6) is 11.6 Å². The minimum absolute atomic E-state index is 0.145. The van der Waals surface area contributed by atoms with Gasteiger partial charge in [0.05, 0.1) is 11.0 Å². The van der Waals surface area contributed by atoms with E-state index < -0.39 is 0 Å². The zero-order chi connectivity index (χ0) is 22.3. The first kappa shape index (κ1) is 21.8. The van der Waals surface area contributed by atoms with Crippen LogP contribution in [0.4, 0.5) is 0 Å². The zero-order valence-corrected chi connectivity index (χ0v) is 18.7. The fourth-order valence-corrected chi connectivity index (χ4v) is 4.00. The van der Waals surface area contributed by atoms with E-state index in [1.165, 1.54) is 19.3 Å². The second-order valence-electron chi connectivity index (χ2n) is 8.06. The number of ketones is 1. The van der Waals surface area contributed by atoms with E-state index in [0.29, 0.717) is 28.9 Å². The molecule has 0 spiro atoms. The zero-order valence-electron chi connectivity index (χ0n) is 18.7. The molecule has 1 unspecified atom stereocenters. The third kappa shape index (κ3) is 4.88. The van der Waals surface area contributed by atoms with Crippen LogP contribution in [0.15, 0.2) is 66.9 Å². The number of imidazole rings is 1. The average Bonchev–Trinajstić information content (AvgIpc) is 3.27. The Balaban J connectivity index is 1.50. The highest BCUT2D eigenvalue weighted by atomic mass is 16.5. The molecule has 0 fully saturated rings. The second kappa shape index (κ2) is 10.2. The highest BCUT2D eigenvalue weighted by Gasteiger charge is 2.17. The summed E-state index contributed by atoms with van der Waals surface area (Å²) < 4.78 is 6.14. The van der Waals surface area contributed by atoms with Gasteiger partial charge in [-0.25, -0.2) is 9.97 Å². The summed E-state index contributed by atoms with van der Waals surface area (Å²) in [6.45, 7) is 4.44. The number of aromatic nitrogens is 3. The molecular weight excluding hydrogens is 398 g/mol. The SMILES string of the molecule is CCCCCC(CC)c1cccnc1Oc1ccc(C(=O)c2nc3ccccc3[nH]2)cc1. The molecule has 1 atom stereocenters. The number of benzene rings is 2. The van der Waals surface area contributed by atoms with E-state index >= 15 is 0 Å². The van der Waals surface area contributed by atoms with Crippen LogP contribution in [-0.2, 0) is 0 Å². The lowest BCUT2D eigenvalue weighted by molar-refractivity contribution is 0.103. The van der Waals surface area contributed by atoms with Gasteiger partial charge in [-0.05, 0) is 61.2 Å². The van der Waals surface area contributed by atoms with Crippen molar-refractivity contribution in [3.8, 4) is 11.6 Å². The molecule has 0 radical (unpaired) electrons. The molecule has 4 rings (SSSR count). The van der Waals surface area contributed by atoms with Crippen molar-refractivity contribution in [1.82, 2.24) is 15.0 Å². The first-order valence-corrected chi connectivity index (χ1v) is 11.4. The number of pyridine rings is 1. The number of unbranched alkanes of at least 4 members (excludes halogenated alkanes) is 2. The van der Waals surface area contributed by atoms with Gasteiger partial charge in [0.1, 0.15) is 5.75 Å². The van der Waals surface area contributed by atoms with Crippen LogP contribution >= 0.6 is 0 Å². The molecule has 0 bridgehead atoms. The Morgan fingerprint density at radius 2 is 1.81 bits per heavy atom. The third-order valence-corrected chi connectivity index (χ3v) is 5.82. The summed E-state index contributed by atoms with van der Waals surface area (Å²) in [5.74, 6) is 1.93. The Kier molecular flexibility index (Phi) is 6.95. The van der Waals surface area contributed by atoms with Crippen molar-refractivity contribution in [2.75, 3.05) is 0 Å². The molecule has 4 aromatic rings. The summed E-state index contributed by atoms with van der Waals surface area (Å²) >= 11 is 0. The predicted octanol–water partition coefficient (Wildman–Crippen LogP) is 7.06. The van der Waals surface area contributed by atoms with Gasteiger partial charge < -0.3 is 9.72 Å². The van der Waals surface area contributed by atoms with Crippen molar-refractivity contribution < 1.29 is 9.53 Å². The Morgan fingerprint density at radius 3 is 2.56 bits per heavy atom. The van der Waals surface area contributed by atoms with E-state index in [-0.39, 0.29) is 5.78 Å². The standard InChI is InChI=1S/C27H29N3O2/c1-3-5-6-10-19(4-2)22-11-9-18-28-27(22)32-21-16-14-20(15-17-21)25(31)26-29-23-12-7-8-13-24(23)30-26/h7-9,11-19H,3-6,10H2,1-2H3,(H,29,30). The molecule has 0 amide bonds. The number of H-pyrrole nitrogens is 1. The van der Waals surface area contributed by atoms with E-state index in [9.17, 15) is 4.79 Å². The molecule has 0 saturated carbocycles. The number of aromatic amines is 1. The number of fused-ring (bicyclic) bond motifs is 1. The van der Waals surface area contributed by atoms with Crippen LogP contribution in [0.25, 0.3) is 11.0 Å². The van der Waals surface area contributed by atoms with Crippen LogP contribution in [0.3, 0.4) is 0 Å². The van der Waals surface area contributed by atoms with E-state index in [1.54, 1.807) is 18.3 Å². The maximum absolute atomic E-state index is 12.8. The maximum Gasteiger partial charge on any atom is 0.228 e. The van der Waals surface area contributed by atoms with Crippen molar-refractivity contribution in [3.05, 3.63) is 83.8 Å². The molecule has 164 valence electrons. The summed E-state index contributed by atoms with van der Waals surface area (Å²) in [4.78, 5) is 24.8. The molecule has 5 heteroatoms. The van der Waals surface area contributed by atoms with Crippen LogP contribution in [0, 0.1) is 0 Å². The van der Waals surface area contributed by atoms with Crippen LogP contribution in [-0.4, -0.2) is 20.7 Å². The van der Waals surface area contributed by atoms with Gasteiger partial charge in [-0.1, -0.05) is 51.3 Å². The molecule has 0 aliphatic rings. The van der Waals surface area contributed by atoms with Gasteiger partial charge >= 0.3 is 0 Å². The molecule has 5 nitrogen and oxygen atoms in total. The van der Waals surface area contributed by atoms with Gasteiger partial charge in [-0.2, -0.15) is 0 Å². The van der Waals surface area contributed by atoms with Crippen molar-refractivity contribution in [2.45, 2.75) is 51.9 Å². The smallest absolute Gasteiger partial charge is 0.228 e. The van der Waals surface area contributed by atoms with Crippen molar-refractivity contribution in [1.29, 1.82) is 0 Å². The Morgan fingerprint density at radius 1 is 1.00 bits per heavy atom. The molecule has 1 N–H and O–H groups in total. The Hall–Kier alpha value is -3.47. The normalized spacial score (nSPS) is 12.1. The molecule has 2 heterocycles. The van der Waals surface area contributed by atoms with Crippen LogP contribution in [0.2, 0.25) is 0 Å². The minimum atomic E-state index is -0.145. The monoisotopic (exact) mass is 427 g/mol. The molecule has 0 aliphatic heterocycles. The average molecular weight is 428 g/mol. The number of nitrogens with one attached hydrogen (secondary N) is 1. The molecule has 0 aliphatic carbocycles. The van der Waals surface area contributed by atoms with Crippen molar-refractivity contribution in [3.63, 3.8) is 0 Å². The lowest BCUT2D eigenvalue weighted by Gasteiger charge is -2.18. The quantitative estimate of drug-likeness (QED) is 0.217. The predicted molar refractivity (Wildman–Crippen MR) is 127 cm³/mol. The van der Waals surface area contributed by atoms with Crippen LogP contribution < -0.4 is 4.74 Å². The van der Waals surface area contributed by atoms with Gasteiger partial charge in [0.2, 0.25) is 11.7 Å². The first-order valence-electron chi connectivity index (χ1n) is 11.4. The number of nitrogens with zero attached hydrogens (tertiary/aromatic N) is 2. The van der Waals surface area contributed by atoms with Crippen LogP contribution in [0.1, 0.15) is 73.6 Å². The number of ether oxygens (including phenoxy) is 1. The largest absolute Gasteiger partial charge is 0.439 e. The second-order valence-corrected chi connectivity index (χ2v) is 8.06. The van der Waals surface area contributed by atoms with Crippen molar-refractivity contribution in [2.24, 2.45) is 0 Å². The Bertz CT molecular complexity index is 1150. The van der Waals surface area contributed by atoms with Gasteiger partial charge in [-0.3, -0.25) is 4.79 Å². The number of carbonyl (C=O) groups excluding carboxylic acids is 1. The Labute approximate surface area is 188 Å². The highest BCUT2D eigenvalue weighted by molar-refractivity contribution is 6.08. The molecular formula is C27H29N3O2. The molecule has 2 aromatic heterocycles. The number of para-hydroxylation sites is 2. The molecule has 0 saturated heterocycles. The summed E-state index contributed by atoms with van der Waals surface area (Å²) in [7, 11) is 0. The number of hydrogen-bond acceptors (Lipinski definition) is 4. The fourth-order valence-electron chi connectivity index (χ4n) is 4.00. The minimum Gasteiger partial charge on any atom is -0.439 e. The molecule has 2 aromatic carbocycles. The number of hydrogen-bond donors (Lipinski definition) is 1. The summed E-state index contributed by atoms with van der Waals surface area (Å²) in [5, 5.41) is 0. The van der Waals surface area contributed by atoms with Gasteiger partial charge in [0, 0.05) is 17.3 Å². The summed E-state index contributed by atoms with van der Waals surface area (Å²) in [5.41, 5.74) is 3.34. The lowest BCUT2D eigenvalue weighted by atomic mass is 9.91. The first-order chi connectivity index (χ1) is 15.7. The van der Waals surface area contributed by atoms with E-state index in [4.69, 9.17) is 4.74 Å². The lowest BCUT2D eigenvalue weighted by Crippen LogP contribution is -2.04. The molecule has 32 heavy (non-hydrogen) atoms. The topological polar surface area (TPSA) is 67.9 Å². The number of rotatable bonds is 10. The van der Waals surface area contributed by atoms with Gasteiger partial charge in [0.15, 0.2) is 5.82 Å².